The van der Waals surface area contributed by atoms with Crippen molar-refractivity contribution in [3.8, 4) is 0 Å². The minimum atomic E-state index is 0.569. The Hall–Kier alpha value is -0.350. The highest BCUT2D eigenvalue weighted by Crippen LogP contribution is 2.30. The molecule has 1 atom stereocenters. The lowest BCUT2D eigenvalue weighted by Gasteiger charge is -2.20. The fourth-order valence-corrected chi connectivity index (χ4v) is 3.58. The minimum Gasteiger partial charge on any atom is -0.317 e. The van der Waals surface area contributed by atoms with E-state index in [4.69, 9.17) is 0 Å². The van der Waals surface area contributed by atoms with Gasteiger partial charge in [0.2, 0.25) is 0 Å². The molecule has 0 radical (unpaired) electrons. The summed E-state index contributed by atoms with van der Waals surface area (Å²) >= 11 is 3.66. The van der Waals surface area contributed by atoms with E-state index in [0.717, 1.165) is 18.0 Å². The van der Waals surface area contributed by atoms with E-state index in [9.17, 15) is 0 Å². The maximum Gasteiger partial charge on any atom is 0.0738 e. The van der Waals surface area contributed by atoms with Gasteiger partial charge in [0.05, 0.1) is 15.9 Å². The molecule has 1 aliphatic rings. The lowest BCUT2D eigenvalue weighted by molar-refractivity contribution is 0.397. The van der Waals surface area contributed by atoms with Gasteiger partial charge in [0.15, 0.2) is 0 Å². The second kappa shape index (κ2) is 6.20. The Morgan fingerprint density at radius 1 is 1.44 bits per heavy atom. The van der Waals surface area contributed by atoms with E-state index >= 15 is 0 Å². The molecule has 102 valence electrons. The molecule has 1 saturated carbocycles. The molecule has 1 aromatic heterocycles. The fraction of sp³-hybridized carbons (Fsp3) is 0.786. The largest absolute Gasteiger partial charge is 0.317 e. The Kier molecular flexibility index (Phi) is 4.84. The molecule has 0 aliphatic heterocycles. The zero-order valence-electron chi connectivity index (χ0n) is 11.7. The van der Waals surface area contributed by atoms with Crippen molar-refractivity contribution in [1.82, 2.24) is 15.1 Å². The Morgan fingerprint density at radius 3 is 2.61 bits per heavy atom. The number of hydrogen-bond donors (Lipinski definition) is 1. The lowest BCUT2D eigenvalue weighted by Crippen LogP contribution is -2.30. The van der Waals surface area contributed by atoms with Gasteiger partial charge >= 0.3 is 0 Å². The van der Waals surface area contributed by atoms with Crippen LogP contribution in [0.3, 0.4) is 0 Å². The van der Waals surface area contributed by atoms with Crippen LogP contribution < -0.4 is 5.32 Å². The molecular weight excluding hydrogens is 290 g/mol. The first-order valence-corrected chi connectivity index (χ1v) is 7.76. The van der Waals surface area contributed by atoms with Crippen LogP contribution in [0.25, 0.3) is 0 Å². The quantitative estimate of drug-likeness (QED) is 0.904. The summed E-state index contributed by atoms with van der Waals surface area (Å²) in [6.07, 6.45) is 8.05. The van der Waals surface area contributed by atoms with Gasteiger partial charge < -0.3 is 5.32 Å². The second-order valence-electron chi connectivity index (χ2n) is 5.55. The van der Waals surface area contributed by atoms with Gasteiger partial charge in [-0.15, -0.1) is 0 Å². The molecule has 0 amide bonds. The first-order chi connectivity index (χ1) is 8.61. The lowest BCUT2D eigenvalue weighted by atomic mass is 9.95. The molecule has 1 aromatic rings. The molecule has 0 saturated heterocycles. The van der Waals surface area contributed by atoms with Crippen molar-refractivity contribution >= 4 is 15.9 Å². The standard InChI is InChI=1S/C14H24BrN3/c1-10-14(15)13(18(3)17-10)9-12(16-2)8-11-6-4-5-7-11/h11-12,16H,4-9H2,1-3H3. The monoisotopic (exact) mass is 313 g/mol. The predicted octanol–water partition coefficient (Wildman–Crippen LogP) is 3.20. The summed E-state index contributed by atoms with van der Waals surface area (Å²) in [5.41, 5.74) is 2.40. The van der Waals surface area contributed by atoms with Crippen molar-refractivity contribution in [2.75, 3.05) is 7.05 Å². The summed E-state index contributed by atoms with van der Waals surface area (Å²) < 4.78 is 3.19. The van der Waals surface area contributed by atoms with Crippen LogP contribution >= 0.6 is 15.9 Å². The van der Waals surface area contributed by atoms with E-state index in [1.807, 2.05) is 11.7 Å². The number of nitrogens with one attached hydrogen (secondary N) is 1. The molecule has 3 nitrogen and oxygen atoms in total. The molecule has 1 fully saturated rings. The van der Waals surface area contributed by atoms with E-state index in [-0.39, 0.29) is 0 Å². The van der Waals surface area contributed by atoms with Crippen LogP contribution in [-0.2, 0) is 13.5 Å². The molecule has 0 spiro atoms. The molecule has 2 rings (SSSR count). The van der Waals surface area contributed by atoms with E-state index in [0.29, 0.717) is 6.04 Å². The summed E-state index contributed by atoms with van der Waals surface area (Å²) in [6, 6.07) is 0.569. The third-order valence-electron chi connectivity index (χ3n) is 4.20. The van der Waals surface area contributed by atoms with Gasteiger partial charge in [0.1, 0.15) is 0 Å². The summed E-state index contributed by atoms with van der Waals surface area (Å²) in [4.78, 5) is 0. The van der Waals surface area contributed by atoms with Crippen LogP contribution in [-0.4, -0.2) is 22.9 Å². The number of nitrogens with zero attached hydrogens (tertiary/aromatic N) is 2. The van der Waals surface area contributed by atoms with Crippen LogP contribution in [0, 0.1) is 12.8 Å². The highest BCUT2D eigenvalue weighted by Gasteiger charge is 2.21. The van der Waals surface area contributed by atoms with Crippen molar-refractivity contribution in [3.05, 3.63) is 15.9 Å². The van der Waals surface area contributed by atoms with Crippen LogP contribution in [0.5, 0.6) is 0 Å². The first-order valence-electron chi connectivity index (χ1n) is 6.97. The zero-order valence-corrected chi connectivity index (χ0v) is 13.3. The smallest absolute Gasteiger partial charge is 0.0738 e. The summed E-state index contributed by atoms with van der Waals surface area (Å²) in [5.74, 6) is 0.926. The third-order valence-corrected chi connectivity index (χ3v) is 5.23. The fourth-order valence-electron chi connectivity index (χ4n) is 3.09. The topological polar surface area (TPSA) is 29.9 Å². The number of hydrogen-bond acceptors (Lipinski definition) is 2. The molecular formula is C14H24BrN3. The molecule has 1 N–H and O–H groups in total. The number of aromatic nitrogens is 2. The van der Waals surface area contributed by atoms with E-state index in [2.05, 4.69) is 40.3 Å². The van der Waals surface area contributed by atoms with Gasteiger partial charge in [-0.1, -0.05) is 25.7 Å². The molecule has 1 unspecified atom stereocenters. The van der Waals surface area contributed by atoms with Gasteiger partial charge in [-0.3, -0.25) is 4.68 Å². The predicted molar refractivity (Wildman–Crippen MR) is 78.8 cm³/mol. The first kappa shape index (κ1) is 14.1. The number of likely N-dealkylation sites (N-methyl/N-ethyl adjacent to an activating group) is 1. The zero-order chi connectivity index (χ0) is 13.1. The van der Waals surface area contributed by atoms with Crippen molar-refractivity contribution in [2.45, 2.75) is 51.5 Å². The van der Waals surface area contributed by atoms with Gasteiger partial charge in [-0.25, -0.2) is 0 Å². The van der Waals surface area contributed by atoms with E-state index in [1.165, 1.54) is 42.3 Å². The van der Waals surface area contributed by atoms with Crippen LogP contribution in [0.2, 0.25) is 0 Å². The highest BCUT2D eigenvalue weighted by molar-refractivity contribution is 9.10. The maximum absolute atomic E-state index is 4.47. The van der Waals surface area contributed by atoms with Crippen LogP contribution in [0.15, 0.2) is 4.47 Å². The Balaban J connectivity index is 2.00. The van der Waals surface area contributed by atoms with Crippen LogP contribution in [0.1, 0.15) is 43.5 Å². The molecule has 18 heavy (non-hydrogen) atoms. The second-order valence-corrected chi connectivity index (χ2v) is 6.34. The van der Waals surface area contributed by atoms with Crippen molar-refractivity contribution in [3.63, 3.8) is 0 Å². The normalized spacial score (nSPS) is 18.4. The molecule has 0 aromatic carbocycles. The van der Waals surface area contributed by atoms with Gasteiger partial charge in [-0.2, -0.15) is 5.10 Å². The van der Waals surface area contributed by atoms with Crippen molar-refractivity contribution in [2.24, 2.45) is 13.0 Å². The summed E-state index contributed by atoms with van der Waals surface area (Å²) in [7, 11) is 4.12. The SMILES string of the molecule is CNC(Cc1c(Br)c(C)nn1C)CC1CCCC1. The third kappa shape index (κ3) is 3.15. The minimum absolute atomic E-state index is 0.569. The maximum atomic E-state index is 4.47. The molecule has 1 aliphatic carbocycles. The van der Waals surface area contributed by atoms with E-state index < -0.39 is 0 Å². The number of aryl methyl sites for hydroxylation is 2. The average Bonchev–Trinajstić information content (AvgIpc) is 2.92. The van der Waals surface area contributed by atoms with Crippen LogP contribution in [0.4, 0.5) is 0 Å². The summed E-state index contributed by atoms with van der Waals surface area (Å²) in [6.45, 7) is 2.05. The molecule has 4 heteroatoms. The van der Waals surface area contributed by atoms with Gasteiger partial charge in [-0.05, 0) is 42.2 Å². The highest BCUT2D eigenvalue weighted by atomic mass is 79.9. The van der Waals surface area contributed by atoms with Crippen molar-refractivity contribution < 1.29 is 0 Å². The molecule has 0 bridgehead atoms. The average molecular weight is 314 g/mol. The molecule has 1 heterocycles. The van der Waals surface area contributed by atoms with Gasteiger partial charge in [0, 0.05) is 19.5 Å². The number of rotatable bonds is 5. The van der Waals surface area contributed by atoms with Gasteiger partial charge in [0.25, 0.3) is 0 Å². The van der Waals surface area contributed by atoms with Crippen molar-refractivity contribution in [1.29, 1.82) is 0 Å². The Labute approximate surface area is 118 Å². The van der Waals surface area contributed by atoms with E-state index in [1.54, 1.807) is 0 Å². The number of halogens is 1. The summed E-state index contributed by atoms with van der Waals surface area (Å²) in [5, 5.41) is 7.95. The Bertz CT molecular complexity index is 394. The Morgan fingerprint density at radius 2 is 2.11 bits per heavy atom.